The lowest BCUT2D eigenvalue weighted by atomic mass is 10.0. The Bertz CT molecular complexity index is 1590. The zero-order chi connectivity index (χ0) is 23.1. The van der Waals surface area contributed by atoms with Crippen LogP contribution >= 0.6 is 0 Å². The van der Waals surface area contributed by atoms with Gasteiger partial charge in [-0.2, -0.15) is 5.11 Å². The van der Waals surface area contributed by atoms with Crippen molar-refractivity contribution >= 4 is 39.4 Å². The van der Waals surface area contributed by atoms with E-state index >= 15 is 0 Å². The largest absolute Gasteiger partial charge is 0.479 e. The van der Waals surface area contributed by atoms with E-state index in [-0.39, 0.29) is 11.6 Å². The standard InChI is InChI=1S/C28H20N4O2/c1-17-8-5-13-20(16-17)31-32-25-24(26(34-28(25)33)19-9-3-2-4-10-19)27-29-21-14-6-11-18-12-7-15-22(30-27)23(18)21/h2-16,33H,1H3,(H,29,30). The van der Waals surface area contributed by atoms with Gasteiger partial charge in [0.15, 0.2) is 11.4 Å². The molecule has 5 aromatic rings. The first-order valence-corrected chi connectivity index (χ1v) is 10.9. The fourth-order valence-corrected chi connectivity index (χ4v) is 4.23. The lowest BCUT2D eigenvalue weighted by molar-refractivity contribution is 0.339. The predicted octanol–water partition coefficient (Wildman–Crippen LogP) is 8.03. The highest BCUT2D eigenvalue weighted by molar-refractivity contribution is 6.22. The maximum atomic E-state index is 10.8. The van der Waals surface area contributed by atoms with E-state index < -0.39 is 0 Å². The molecule has 1 aliphatic heterocycles. The van der Waals surface area contributed by atoms with E-state index in [1.165, 1.54) is 0 Å². The Labute approximate surface area is 195 Å². The average molecular weight is 444 g/mol. The van der Waals surface area contributed by atoms with Gasteiger partial charge in [0, 0.05) is 16.6 Å². The highest BCUT2D eigenvalue weighted by atomic mass is 16.5. The summed E-state index contributed by atoms with van der Waals surface area (Å²) in [6.45, 7) is 1.99. The molecule has 1 aliphatic rings. The Morgan fingerprint density at radius 3 is 2.47 bits per heavy atom. The predicted molar refractivity (Wildman–Crippen MR) is 135 cm³/mol. The van der Waals surface area contributed by atoms with Crippen LogP contribution in [0.15, 0.2) is 111 Å². The second-order valence-corrected chi connectivity index (χ2v) is 8.13. The van der Waals surface area contributed by atoms with Gasteiger partial charge in [0.25, 0.3) is 0 Å². The highest BCUT2D eigenvalue weighted by Gasteiger charge is 2.28. The summed E-state index contributed by atoms with van der Waals surface area (Å²) in [5.74, 6) is 0.688. The fourth-order valence-electron chi connectivity index (χ4n) is 4.23. The van der Waals surface area contributed by atoms with Crippen LogP contribution in [0.25, 0.3) is 22.1 Å². The number of rotatable bonds is 4. The van der Waals surface area contributed by atoms with E-state index in [0.717, 1.165) is 33.3 Å². The van der Waals surface area contributed by atoms with Gasteiger partial charge in [0.1, 0.15) is 5.84 Å². The summed E-state index contributed by atoms with van der Waals surface area (Å²) in [4.78, 5) is 4.90. The number of furan rings is 1. The van der Waals surface area contributed by atoms with E-state index in [1.54, 1.807) is 0 Å². The van der Waals surface area contributed by atoms with Gasteiger partial charge in [-0.3, -0.25) is 0 Å². The van der Waals surface area contributed by atoms with Gasteiger partial charge in [-0.1, -0.05) is 66.7 Å². The van der Waals surface area contributed by atoms with Crippen LogP contribution in [0.4, 0.5) is 22.7 Å². The van der Waals surface area contributed by atoms with Crippen LogP contribution in [0.2, 0.25) is 0 Å². The van der Waals surface area contributed by atoms with Gasteiger partial charge in [-0.15, -0.1) is 5.11 Å². The van der Waals surface area contributed by atoms with Crippen molar-refractivity contribution in [2.45, 2.75) is 6.92 Å². The minimum absolute atomic E-state index is 0.221. The van der Waals surface area contributed by atoms with Crippen LogP contribution in [0.3, 0.4) is 0 Å². The smallest absolute Gasteiger partial charge is 0.312 e. The number of nitrogens with one attached hydrogen (secondary N) is 1. The van der Waals surface area contributed by atoms with Gasteiger partial charge < -0.3 is 14.8 Å². The third-order valence-corrected chi connectivity index (χ3v) is 5.77. The molecular formula is C28H20N4O2. The molecule has 0 spiro atoms. The summed E-state index contributed by atoms with van der Waals surface area (Å²) in [6.07, 6.45) is 0. The Morgan fingerprint density at radius 2 is 1.65 bits per heavy atom. The molecule has 2 N–H and O–H groups in total. The Kier molecular flexibility index (Phi) is 4.70. The first kappa shape index (κ1) is 19.9. The minimum Gasteiger partial charge on any atom is -0.479 e. The summed E-state index contributed by atoms with van der Waals surface area (Å²) >= 11 is 0. The number of hydrogen-bond acceptors (Lipinski definition) is 6. The van der Waals surface area contributed by atoms with Crippen LogP contribution in [0.1, 0.15) is 11.1 Å². The van der Waals surface area contributed by atoms with E-state index in [0.29, 0.717) is 22.8 Å². The molecule has 6 nitrogen and oxygen atoms in total. The molecule has 0 radical (unpaired) electrons. The zero-order valence-corrected chi connectivity index (χ0v) is 18.4. The van der Waals surface area contributed by atoms with Crippen LogP contribution in [-0.2, 0) is 0 Å². The van der Waals surface area contributed by atoms with Gasteiger partial charge in [-0.05, 0) is 42.1 Å². The summed E-state index contributed by atoms with van der Waals surface area (Å²) in [5, 5.41) is 25.1. The normalized spacial score (nSPS) is 12.7. The van der Waals surface area contributed by atoms with Crippen molar-refractivity contribution in [3.8, 4) is 17.3 Å². The maximum Gasteiger partial charge on any atom is 0.312 e. The molecule has 34 heavy (non-hydrogen) atoms. The Morgan fingerprint density at radius 1 is 0.853 bits per heavy atom. The molecule has 0 saturated carbocycles. The molecule has 0 bridgehead atoms. The quantitative estimate of drug-likeness (QED) is 0.275. The molecule has 4 aromatic carbocycles. The van der Waals surface area contributed by atoms with Crippen LogP contribution in [0, 0.1) is 6.92 Å². The number of aromatic hydroxyl groups is 1. The molecule has 2 heterocycles. The van der Waals surface area contributed by atoms with Crippen molar-refractivity contribution in [2.24, 2.45) is 15.2 Å². The monoisotopic (exact) mass is 444 g/mol. The van der Waals surface area contributed by atoms with Crippen LogP contribution in [-0.4, -0.2) is 10.9 Å². The summed E-state index contributed by atoms with van der Waals surface area (Å²) < 4.78 is 5.84. The summed E-state index contributed by atoms with van der Waals surface area (Å²) in [7, 11) is 0. The van der Waals surface area contributed by atoms with Crippen LogP contribution < -0.4 is 5.32 Å². The second-order valence-electron chi connectivity index (χ2n) is 8.13. The topological polar surface area (TPSA) is 82.5 Å². The number of aliphatic imine (C=N–C) groups is 1. The molecule has 0 fully saturated rings. The number of anilines is 1. The minimum atomic E-state index is -0.313. The summed E-state index contributed by atoms with van der Waals surface area (Å²) in [6, 6.07) is 29.4. The van der Waals surface area contributed by atoms with Crippen molar-refractivity contribution in [3.05, 3.63) is 102 Å². The molecule has 164 valence electrons. The first-order valence-electron chi connectivity index (χ1n) is 10.9. The number of hydrogen-bond donors (Lipinski definition) is 2. The first-order chi connectivity index (χ1) is 16.7. The molecule has 0 unspecified atom stereocenters. The fraction of sp³-hybridized carbons (Fsp3) is 0.0357. The number of azo groups is 1. The molecular weight excluding hydrogens is 424 g/mol. The van der Waals surface area contributed by atoms with Gasteiger partial charge >= 0.3 is 5.95 Å². The molecule has 6 heteroatoms. The van der Waals surface area contributed by atoms with E-state index in [4.69, 9.17) is 9.41 Å². The molecule has 0 atom stereocenters. The van der Waals surface area contributed by atoms with E-state index in [1.807, 2.05) is 85.8 Å². The van der Waals surface area contributed by atoms with Crippen molar-refractivity contribution in [1.29, 1.82) is 0 Å². The van der Waals surface area contributed by atoms with Crippen molar-refractivity contribution < 1.29 is 9.52 Å². The van der Waals surface area contributed by atoms with Crippen molar-refractivity contribution in [2.75, 3.05) is 5.32 Å². The number of benzene rings is 4. The lowest BCUT2D eigenvalue weighted by Crippen LogP contribution is -2.16. The average Bonchev–Trinajstić information content (AvgIpc) is 3.19. The number of nitrogens with zero attached hydrogens (tertiary/aromatic N) is 3. The summed E-state index contributed by atoms with van der Waals surface area (Å²) in [5.41, 5.74) is 5.08. The van der Waals surface area contributed by atoms with Crippen molar-refractivity contribution in [1.82, 2.24) is 0 Å². The van der Waals surface area contributed by atoms with E-state index in [9.17, 15) is 5.11 Å². The maximum absolute atomic E-state index is 10.8. The lowest BCUT2D eigenvalue weighted by Gasteiger charge is -2.19. The highest BCUT2D eigenvalue weighted by Crippen LogP contribution is 2.45. The van der Waals surface area contributed by atoms with Gasteiger partial charge in [0.05, 0.1) is 16.9 Å². The third kappa shape index (κ3) is 3.42. The second kappa shape index (κ2) is 8.01. The molecule has 0 saturated heterocycles. The Hall–Kier alpha value is -4.71. The molecule has 1 aromatic heterocycles. The number of aryl methyl sites for hydroxylation is 1. The number of amidine groups is 1. The van der Waals surface area contributed by atoms with Gasteiger partial charge in [-0.25, -0.2) is 4.99 Å². The van der Waals surface area contributed by atoms with Gasteiger partial charge in [0.2, 0.25) is 0 Å². The zero-order valence-electron chi connectivity index (χ0n) is 18.4. The van der Waals surface area contributed by atoms with Crippen molar-refractivity contribution in [3.63, 3.8) is 0 Å². The molecule has 0 amide bonds. The van der Waals surface area contributed by atoms with E-state index in [2.05, 4.69) is 27.7 Å². The Balaban J connectivity index is 1.56. The van der Waals surface area contributed by atoms with Crippen LogP contribution in [0.5, 0.6) is 5.95 Å². The molecule has 6 rings (SSSR count). The SMILES string of the molecule is Cc1cccc(N=Nc2c(O)oc(-c3ccccc3)c2C2=Nc3cccc4cccc(c34)N2)c1. The molecule has 0 aliphatic carbocycles. The third-order valence-electron chi connectivity index (χ3n) is 5.77.